The topological polar surface area (TPSA) is 416 Å². The van der Waals surface area contributed by atoms with Crippen LogP contribution in [0.25, 0.3) is 31.9 Å². The Labute approximate surface area is 386 Å². The van der Waals surface area contributed by atoms with E-state index in [4.69, 9.17) is 25.5 Å². The van der Waals surface area contributed by atoms with E-state index < -0.39 is 116 Å². The van der Waals surface area contributed by atoms with Crippen molar-refractivity contribution < 1.29 is 163 Å². The number of aliphatic hydroxyl groups excluding tert-OH is 9. The molecule has 0 amide bonds. The molecule has 0 aromatic rings. The molecule has 0 aromatic heterocycles. The van der Waals surface area contributed by atoms with Gasteiger partial charge in [0.05, 0.1) is 12.7 Å². The second-order valence-corrected chi connectivity index (χ2v) is 12.8. The van der Waals surface area contributed by atoms with Gasteiger partial charge in [-0.3, -0.25) is 19.2 Å². The number of aliphatic carboxylic acids is 4. The molecule has 11 unspecified atom stereocenters. The molecule has 2 aliphatic carbocycles. The van der Waals surface area contributed by atoms with E-state index in [0.29, 0.717) is 6.42 Å². The molecular formula is C31H54Hf3N6O17-6. The van der Waals surface area contributed by atoms with Crippen molar-refractivity contribution in [1.82, 2.24) is 0 Å². The van der Waals surface area contributed by atoms with Crippen molar-refractivity contribution in [2.75, 3.05) is 52.5 Å². The minimum Gasteiger partial charge on any atom is -0.658 e. The first-order valence-corrected chi connectivity index (χ1v) is 17.2. The van der Waals surface area contributed by atoms with Crippen LogP contribution in [0.15, 0.2) is 0 Å². The molecule has 23 nitrogen and oxygen atoms in total. The molecule has 0 bridgehead atoms. The second-order valence-electron chi connectivity index (χ2n) is 12.8. The number of carboxylic acids is 4. The third kappa shape index (κ3) is 20.1. The first-order valence-electron chi connectivity index (χ1n) is 17.2. The summed E-state index contributed by atoms with van der Waals surface area (Å²) in [6, 6.07) is -5.81. The Bertz CT molecular complexity index is 1100. The summed E-state index contributed by atoms with van der Waals surface area (Å²) in [5.41, 5.74) is -1.77. The maximum absolute atomic E-state index is 10.7. The molecule has 2 rings (SSSR count). The number of rotatable bonds is 25. The van der Waals surface area contributed by atoms with Crippen molar-refractivity contribution in [2.24, 2.45) is 0 Å². The van der Waals surface area contributed by atoms with Crippen LogP contribution < -0.4 is 0 Å². The van der Waals surface area contributed by atoms with Gasteiger partial charge in [-0.2, -0.15) is 0 Å². The largest absolute Gasteiger partial charge is 0.658 e. The van der Waals surface area contributed by atoms with Crippen LogP contribution in [0.4, 0.5) is 0 Å². The molecule has 0 heterocycles. The average molecular weight is 1320 g/mol. The van der Waals surface area contributed by atoms with Crippen molar-refractivity contribution in [3.05, 3.63) is 31.9 Å². The molecule has 26 heteroatoms. The normalized spacial score (nSPS) is 30.3. The van der Waals surface area contributed by atoms with Gasteiger partial charge in [-0.25, -0.2) is 0 Å². The van der Waals surface area contributed by atoms with Crippen molar-refractivity contribution in [3.8, 4) is 0 Å². The minimum absolute atomic E-state index is 0. The van der Waals surface area contributed by atoms with Crippen LogP contribution in [0.3, 0.4) is 0 Å². The summed E-state index contributed by atoms with van der Waals surface area (Å²) in [6.07, 6.45) is -10.1. The quantitative estimate of drug-likeness (QED) is 0.0397. The van der Waals surface area contributed by atoms with Crippen molar-refractivity contribution in [3.63, 3.8) is 0 Å². The maximum Gasteiger partial charge on any atom is 0.301 e. The molecular weight excluding hydrogens is 1260 g/mol. The fourth-order valence-corrected chi connectivity index (χ4v) is 5.83. The Morgan fingerprint density at radius 3 is 1.26 bits per heavy atom. The molecule has 13 N–H and O–H groups in total. The molecule has 57 heavy (non-hydrogen) atoms. The molecule has 2 aliphatic rings. The number of carboxylic acid groups (broad SMARTS) is 4. The smallest absolute Gasteiger partial charge is 0.301 e. The molecule has 11 atom stereocenters. The van der Waals surface area contributed by atoms with Crippen LogP contribution >= 0.6 is 0 Å². The molecule has 0 radical (unpaired) electrons. The van der Waals surface area contributed by atoms with E-state index in [0.717, 1.165) is 0 Å². The van der Waals surface area contributed by atoms with Crippen molar-refractivity contribution in [1.29, 1.82) is 0 Å². The van der Waals surface area contributed by atoms with E-state index in [1.807, 2.05) is 0 Å². The average Bonchev–Trinajstić information content (AvgIpc) is 3.30. The van der Waals surface area contributed by atoms with Crippen LogP contribution in [0, 0.1) is 0 Å². The van der Waals surface area contributed by atoms with Gasteiger partial charge in [0.25, 0.3) is 0 Å². The van der Waals surface area contributed by atoms with Gasteiger partial charge in [-0.15, -0.1) is 45.3 Å². The maximum atomic E-state index is 10.7. The summed E-state index contributed by atoms with van der Waals surface area (Å²) < 4.78 is 0. The Kier molecular flexibility index (Phi) is 34.0. The number of hydrogen-bond acceptors (Lipinski definition) is 13. The number of aliphatic hydroxyl groups is 9. The predicted octanol–water partition coefficient (Wildman–Crippen LogP) is -3.36. The minimum atomic E-state index is -1.77. The van der Waals surface area contributed by atoms with Crippen LogP contribution in [0.1, 0.15) is 39.0 Å². The Balaban J connectivity index is -0.000000972. The van der Waals surface area contributed by atoms with Gasteiger partial charge in [-0.1, -0.05) is 36.6 Å². The first kappa shape index (κ1) is 61.2. The van der Waals surface area contributed by atoms with E-state index in [-0.39, 0.29) is 142 Å². The standard InChI is InChI=1S/C16H28N3O8.C15H26N3O9.3Hf/c1-2-8(20)7-19-13-15(26)11(17-5-3-9(21)22)14(25)12(16(13)27)18-6-4-10(23)24;19-6-8(21)5-18-15(7-20)13(17-4-2-10(24)25)12(26)11(14(15)27)16-3-1-9(22)23;;;/h8,11-16,20,25-27H,2-7H2,1H3,(H,21,22)(H,23,24);8,11-14,19-21,26-27H,1-7H2,(H,22,23)(H,24,25);;;/q2*-3;;;. The summed E-state index contributed by atoms with van der Waals surface area (Å²) in [5, 5.41) is 150. The van der Waals surface area contributed by atoms with Gasteiger partial charge in [0.2, 0.25) is 0 Å². The molecule has 328 valence electrons. The van der Waals surface area contributed by atoms with Crippen molar-refractivity contribution in [2.45, 2.75) is 118 Å². The van der Waals surface area contributed by atoms with Crippen LogP contribution in [0.5, 0.6) is 0 Å². The van der Waals surface area contributed by atoms with E-state index in [1.165, 1.54) is 0 Å². The van der Waals surface area contributed by atoms with Crippen LogP contribution in [-0.2, 0) is 96.7 Å². The SMILES string of the molecule is CCC(O)C[N-]C1C(O)C([N-]CCC(=O)O)C(O)C([N-]CCC(=O)O)C1O.O=C(O)CC[N-]C1C(O)C([N-]CCC(=O)O)C(CO)([N-]CC(O)CO)C1O.[Hf].[Hf].[Hf]. The van der Waals surface area contributed by atoms with Crippen LogP contribution in [0.2, 0.25) is 0 Å². The second kappa shape index (κ2) is 31.7. The molecule has 0 aromatic carbocycles. The van der Waals surface area contributed by atoms with Gasteiger partial charge < -0.3 is 98.3 Å². The molecule has 2 saturated carbocycles. The predicted molar refractivity (Wildman–Crippen MR) is 187 cm³/mol. The first-order chi connectivity index (χ1) is 25.4. The third-order valence-electron chi connectivity index (χ3n) is 8.83. The molecule has 0 saturated heterocycles. The Hall–Kier alpha value is -0.110. The van der Waals surface area contributed by atoms with Gasteiger partial charge in [-0.05, 0) is 6.42 Å². The Morgan fingerprint density at radius 2 is 0.912 bits per heavy atom. The molecule has 2 fully saturated rings. The number of carbonyl (C=O) groups is 4. The summed E-state index contributed by atoms with van der Waals surface area (Å²) in [5.74, 6) is -4.42. The summed E-state index contributed by atoms with van der Waals surface area (Å²) >= 11 is 0. The van der Waals surface area contributed by atoms with E-state index >= 15 is 0 Å². The van der Waals surface area contributed by atoms with Gasteiger partial charge in [0.15, 0.2) is 0 Å². The van der Waals surface area contributed by atoms with E-state index in [2.05, 4.69) is 31.9 Å². The number of nitrogens with zero attached hydrogens (tertiary/aromatic N) is 6. The summed E-state index contributed by atoms with van der Waals surface area (Å²) in [7, 11) is 0. The molecule has 0 spiro atoms. The van der Waals surface area contributed by atoms with Gasteiger partial charge >= 0.3 is 23.9 Å². The number of hydrogen-bond donors (Lipinski definition) is 13. The zero-order valence-electron chi connectivity index (χ0n) is 31.3. The van der Waals surface area contributed by atoms with E-state index in [9.17, 15) is 60.0 Å². The monoisotopic (exact) mass is 1320 g/mol. The molecule has 0 aliphatic heterocycles. The van der Waals surface area contributed by atoms with Crippen LogP contribution in [-0.4, -0.2) is 221 Å². The summed E-state index contributed by atoms with van der Waals surface area (Å²) in [6.45, 7) is -0.796. The zero-order chi connectivity index (χ0) is 41.2. The summed E-state index contributed by atoms with van der Waals surface area (Å²) in [4.78, 5) is 42.6. The van der Waals surface area contributed by atoms with Crippen molar-refractivity contribution >= 4 is 23.9 Å². The van der Waals surface area contributed by atoms with E-state index in [1.54, 1.807) is 6.92 Å². The zero-order valence-corrected chi connectivity index (χ0v) is 42.0. The van der Waals surface area contributed by atoms with Gasteiger partial charge in [0.1, 0.15) is 0 Å². The Morgan fingerprint density at radius 1 is 0.544 bits per heavy atom. The fourth-order valence-electron chi connectivity index (χ4n) is 5.83. The third-order valence-corrected chi connectivity index (χ3v) is 8.83. The van der Waals surface area contributed by atoms with Gasteiger partial charge in [0, 0.05) is 146 Å². The fraction of sp³-hybridized carbons (Fsp3) is 0.871.